The zero-order valence-corrected chi connectivity index (χ0v) is 6.03. The summed E-state index contributed by atoms with van der Waals surface area (Å²) in [5.74, 6) is 0.0176. The van der Waals surface area contributed by atoms with Crippen molar-refractivity contribution in [2.75, 3.05) is 5.73 Å². The Morgan fingerprint density at radius 3 is 2.73 bits per heavy atom. The monoisotopic (exact) mass is 149 g/mol. The Kier molecular flexibility index (Phi) is 1.65. The molecule has 0 amide bonds. The molecule has 4 nitrogen and oxygen atoms in total. The predicted molar refractivity (Wildman–Crippen MR) is 39.9 cm³/mol. The van der Waals surface area contributed by atoms with Crippen molar-refractivity contribution in [3.8, 4) is 6.07 Å². The quantitative estimate of drug-likeness (QED) is 0.587. The van der Waals surface area contributed by atoms with Crippen LogP contribution in [-0.2, 0) is 0 Å². The van der Waals surface area contributed by atoms with Gasteiger partial charge in [0, 0.05) is 13.1 Å². The number of hydrogen-bond acceptors (Lipinski definition) is 3. The Balaban J connectivity index is 3.24. The van der Waals surface area contributed by atoms with E-state index in [1.54, 1.807) is 0 Å². The van der Waals surface area contributed by atoms with Crippen LogP contribution < -0.4 is 5.73 Å². The first kappa shape index (κ1) is 7.35. The molecular formula is C7H7N3O. The van der Waals surface area contributed by atoms with Crippen molar-refractivity contribution in [3.63, 3.8) is 0 Å². The van der Waals surface area contributed by atoms with Crippen LogP contribution in [0.25, 0.3) is 0 Å². The summed E-state index contributed by atoms with van der Waals surface area (Å²) in [4.78, 5) is 10.8. The van der Waals surface area contributed by atoms with E-state index in [2.05, 4.69) is 0 Å². The highest BCUT2D eigenvalue weighted by atomic mass is 16.1. The highest BCUT2D eigenvalue weighted by molar-refractivity contribution is 5.81. The van der Waals surface area contributed by atoms with Gasteiger partial charge in [-0.15, -0.1) is 0 Å². The van der Waals surface area contributed by atoms with E-state index < -0.39 is 0 Å². The van der Waals surface area contributed by atoms with Gasteiger partial charge in [0.15, 0.2) is 0 Å². The molecule has 0 atom stereocenters. The fourth-order valence-electron chi connectivity index (χ4n) is 0.814. The molecule has 0 aliphatic rings. The van der Waals surface area contributed by atoms with Gasteiger partial charge in [0.1, 0.15) is 11.9 Å². The fourth-order valence-corrected chi connectivity index (χ4v) is 0.814. The smallest absolute Gasteiger partial charge is 0.229 e. The molecular weight excluding hydrogens is 142 g/mol. The van der Waals surface area contributed by atoms with Crippen LogP contribution in [0, 0.1) is 11.3 Å². The number of carbonyl (C=O) groups is 1. The second kappa shape index (κ2) is 2.46. The molecule has 0 saturated carbocycles. The molecule has 0 saturated heterocycles. The predicted octanol–water partition coefficient (Wildman–Crippen LogP) is 0.602. The van der Waals surface area contributed by atoms with E-state index >= 15 is 0 Å². The Morgan fingerprint density at radius 2 is 2.45 bits per heavy atom. The van der Waals surface area contributed by atoms with Crippen molar-refractivity contribution < 1.29 is 4.79 Å². The van der Waals surface area contributed by atoms with Gasteiger partial charge in [-0.05, 0) is 6.07 Å². The third-order valence-electron chi connectivity index (χ3n) is 1.39. The number of anilines is 1. The number of nitrogen functional groups attached to an aromatic ring is 1. The number of aromatic nitrogens is 1. The highest BCUT2D eigenvalue weighted by Crippen LogP contribution is 2.11. The van der Waals surface area contributed by atoms with Crippen molar-refractivity contribution in [2.45, 2.75) is 6.92 Å². The molecule has 1 rings (SSSR count). The van der Waals surface area contributed by atoms with E-state index in [0.717, 1.165) is 0 Å². The molecule has 1 aromatic heterocycles. The minimum atomic E-state index is -0.191. The van der Waals surface area contributed by atoms with Crippen LogP contribution in [0.4, 0.5) is 5.82 Å². The van der Waals surface area contributed by atoms with Gasteiger partial charge in [-0.2, -0.15) is 5.26 Å². The van der Waals surface area contributed by atoms with Crippen molar-refractivity contribution in [2.24, 2.45) is 0 Å². The molecule has 11 heavy (non-hydrogen) atoms. The maximum atomic E-state index is 10.8. The van der Waals surface area contributed by atoms with E-state index in [0.29, 0.717) is 5.56 Å². The average molecular weight is 149 g/mol. The van der Waals surface area contributed by atoms with Crippen molar-refractivity contribution >= 4 is 11.7 Å². The van der Waals surface area contributed by atoms with E-state index in [9.17, 15) is 4.79 Å². The number of rotatable bonds is 0. The Bertz CT molecular complexity index is 332. The molecule has 0 unspecified atom stereocenters. The number of nitrogens with zero attached hydrogens (tertiary/aromatic N) is 2. The molecule has 0 spiro atoms. The van der Waals surface area contributed by atoms with E-state index in [-0.39, 0.29) is 11.7 Å². The molecule has 0 aliphatic heterocycles. The lowest BCUT2D eigenvalue weighted by atomic mass is 10.3. The Hall–Kier alpha value is -1.76. The van der Waals surface area contributed by atoms with E-state index in [1.807, 2.05) is 6.07 Å². The normalized spacial score (nSPS) is 9.09. The van der Waals surface area contributed by atoms with Gasteiger partial charge in [0.25, 0.3) is 0 Å². The standard InChI is InChI=1S/C7H7N3O/c1-5(11)10-3-2-6(4-8)7(10)9/h2-3H,9H2,1H3. The lowest BCUT2D eigenvalue weighted by molar-refractivity contribution is 0.0939. The van der Waals surface area contributed by atoms with Crippen molar-refractivity contribution in [1.82, 2.24) is 4.57 Å². The first-order chi connectivity index (χ1) is 5.16. The van der Waals surface area contributed by atoms with E-state index in [1.165, 1.54) is 23.8 Å². The van der Waals surface area contributed by atoms with Gasteiger partial charge in [-0.25, -0.2) is 0 Å². The maximum Gasteiger partial charge on any atom is 0.229 e. The number of nitrogens with two attached hydrogens (primary N) is 1. The highest BCUT2D eigenvalue weighted by Gasteiger charge is 2.06. The van der Waals surface area contributed by atoms with Crippen LogP contribution in [0.5, 0.6) is 0 Å². The fraction of sp³-hybridized carbons (Fsp3) is 0.143. The minimum absolute atomic E-state index is 0.191. The van der Waals surface area contributed by atoms with Crippen LogP contribution in [0.15, 0.2) is 12.3 Å². The Morgan fingerprint density at radius 1 is 1.82 bits per heavy atom. The maximum absolute atomic E-state index is 10.8. The molecule has 4 heteroatoms. The summed E-state index contributed by atoms with van der Waals surface area (Å²) in [7, 11) is 0. The number of hydrogen-bond donors (Lipinski definition) is 1. The first-order valence-corrected chi connectivity index (χ1v) is 3.04. The molecule has 0 aromatic carbocycles. The van der Waals surface area contributed by atoms with Gasteiger partial charge in [0.05, 0.1) is 5.56 Å². The summed E-state index contributed by atoms with van der Waals surface area (Å²) in [5, 5.41) is 8.46. The SMILES string of the molecule is CC(=O)n1ccc(C#N)c1N. The average Bonchev–Trinajstić information content (AvgIpc) is 2.30. The Labute approximate surface area is 63.8 Å². The second-order valence-corrected chi connectivity index (χ2v) is 2.12. The minimum Gasteiger partial charge on any atom is -0.384 e. The van der Waals surface area contributed by atoms with Crippen molar-refractivity contribution in [3.05, 3.63) is 17.8 Å². The van der Waals surface area contributed by atoms with Gasteiger partial charge in [-0.1, -0.05) is 0 Å². The lowest BCUT2D eigenvalue weighted by Crippen LogP contribution is -2.08. The topological polar surface area (TPSA) is 71.8 Å². The summed E-state index contributed by atoms with van der Waals surface area (Å²) >= 11 is 0. The van der Waals surface area contributed by atoms with Gasteiger partial charge >= 0.3 is 0 Å². The molecule has 0 fully saturated rings. The van der Waals surface area contributed by atoms with Gasteiger partial charge < -0.3 is 5.73 Å². The van der Waals surface area contributed by atoms with Gasteiger partial charge in [0.2, 0.25) is 5.91 Å². The van der Waals surface area contributed by atoms with Crippen LogP contribution in [0.3, 0.4) is 0 Å². The molecule has 0 radical (unpaired) electrons. The third-order valence-corrected chi connectivity index (χ3v) is 1.39. The summed E-state index contributed by atoms with van der Waals surface area (Å²) in [6.45, 7) is 1.39. The first-order valence-electron chi connectivity index (χ1n) is 3.04. The molecule has 0 aliphatic carbocycles. The van der Waals surface area contributed by atoms with Crippen LogP contribution in [-0.4, -0.2) is 10.5 Å². The molecule has 56 valence electrons. The number of nitriles is 1. The van der Waals surface area contributed by atoms with E-state index in [4.69, 9.17) is 11.0 Å². The zero-order valence-electron chi connectivity index (χ0n) is 6.03. The summed E-state index contributed by atoms with van der Waals surface area (Å²) in [6.07, 6.45) is 1.48. The zero-order chi connectivity index (χ0) is 8.43. The number of carbonyl (C=O) groups excluding carboxylic acids is 1. The summed E-state index contributed by atoms with van der Waals surface area (Å²) < 4.78 is 1.23. The van der Waals surface area contributed by atoms with Gasteiger partial charge in [-0.3, -0.25) is 9.36 Å². The molecule has 1 heterocycles. The van der Waals surface area contributed by atoms with Crippen LogP contribution in [0.2, 0.25) is 0 Å². The second-order valence-electron chi connectivity index (χ2n) is 2.12. The molecule has 2 N–H and O–H groups in total. The van der Waals surface area contributed by atoms with Crippen LogP contribution >= 0.6 is 0 Å². The third kappa shape index (κ3) is 1.08. The van der Waals surface area contributed by atoms with Crippen LogP contribution in [0.1, 0.15) is 17.3 Å². The molecule has 1 aromatic rings. The summed E-state index contributed by atoms with van der Waals surface area (Å²) in [5.41, 5.74) is 5.77. The summed E-state index contributed by atoms with van der Waals surface area (Å²) in [6, 6.07) is 3.38. The van der Waals surface area contributed by atoms with Crippen molar-refractivity contribution in [1.29, 1.82) is 5.26 Å². The molecule has 0 bridgehead atoms. The lowest BCUT2D eigenvalue weighted by Gasteiger charge is -1.97. The largest absolute Gasteiger partial charge is 0.384 e.